The average molecular weight is 409 g/mol. The van der Waals surface area contributed by atoms with Crippen LogP contribution in [-0.2, 0) is 16.1 Å². The molecule has 1 unspecified atom stereocenters. The van der Waals surface area contributed by atoms with Gasteiger partial charge in [0.25, 0.3) is 5.56 Å². The Labute approximate surface area is 171 Å². The van der Waals surface area contributed by atoms with Crippen molar-refractivity contribution in [2.24, 2.45) is 4.99 Å². The number of allylic oxidation sites excluding steroid dienone is 1. The molecule has 8 nitrogen and oxygen atoms in total. The summed E-state index contributed by atoms with van der Waals surface area (Å²) in [5, 5.41) is 7.81. The molecule has 0 bridgehead atoms. The second-order valence-electron chi connectivity index (χ2n) is 6.72. The SMILES string of the molecule is CNC(=O)C1C=C(OCCn2nc(-n3ccc4ccc(F)cc43)ccc2=O)CC=N1. The van der Waals surface area contributed by atoms with E-state index in [1.807, 2.05) is 6.07 Å². The first-order valence-electron chi connectivity index (χ1n) is 9.47. The Bertz CT molecular complexity index is 1210. The number of nitrogens with zero attached hydrogens (tertiary/aromatic N) is 4. The molecule has 2 aromatic heterocycles. The van der Waals surface area contributed by atoms with Crippen LogP contribution in [0.15, 0.2) is 64.2 Å². The number of likely N-dealkylation sites (N-methyl/N-ethyl adjacent to an activating group) is 1. The lowest BCUT2D eigenvalue weighted by molar-refractivity contribution is -0.120. The molecule has 1 aromatic carbocycles. The Kier molecular flexibility index (Phi) is 5.42. The van der Waals surface area contributed by atoms with Crippen LogP contribution in [0.3, 0.4) is 0 Å². The molecular weight excluding hydrogens is 389 g/mol. The lowest BCUT2D eigenvalue weighted by Gasteiger charge is -2.16. The number of aliphatic imine (C=N–C) groups is 1. The summed E-state index contributed by atoms with van der Waals surface area (Å²) < 4.78 is 22.4. The van der Waals surface area contributed by atoms with Gasteiger partial charge in [0.15, 0.2) is 5.82 Å². The van der Waals surface area contributed by atoms with Crippen molar-refractivity contribution in [3.63, 3.8) is 0 Å². The average Bonchev–Trinajstić information content (AvgIpc) is 3.17. The van der Waals surface area contributed by atoms with Crippen molar-refractivity contribution in [2.75, 3.05) is 13.7 Å². The maximum absolute atomic E-state index is 13.7. The first-order valence-corrected chi connectivity index (χ1v) is 9.47. The number of fused-ring (bicyclic) bond motifs is 1. The lowest BCUT2D eigenvalue weighted by Crippen LogP contribution is -2.31. The fourth-order valence-electron chi connectivity index (χ4n) is 3.23. The van der Waals surface area contributed by atoms with E-state index in [9.17, 15) is 14.0 Å². The number of carbonyl (C=O) groups excluding carboxylic acids is 1. The molecule has 1 N–H and O–H groups in total. The topological polar surface area (TPSA) is 90.5 Å². The van der Waals surface area contributed by atoms with Gasteiger partial charge in [-0.3, -0.25) is 19.1 Å². The van der Waals surface area contributed by atoms with Gasteiger partial charge in [-0.15, -0.1) is 0 Å². The molecule has 0 spiro atoms. The van der Waals surface area contributed by atoms with Crippen molar-refractivity contribution in [1.82, 2.24) is 19.7 Å². The van der Waals surface area contributed by atoms with Gasteiger partial charge < -0.3 is 10.1 Å². The molecule has 1 aliphatic rings. The van der Waals surface area contributed by atoms with Crippen LogP contribution in [-0.4, -0.2) is 46.2 Å². The number of benzene rings is 1. The minimum absolute atomic E-state index is 0.206. The third-order valence-electron chi connectivity index (χ3n) is 4.76. The molecule has 9 heteroatoms. The Morgan fingerprint density at radius 1 is 1.30 bits per heavy atom. The number of ether oxygens (including phenoxy) is 1. The number of nitrogens with one attached hydrogen (secondary N) is 1. The van der Waals surface area contributed by atoms with Crippen LogP contribution in [0.25, 0.3) is 16.7 Å². The van der Waals surface area contributed by atoms with Crippen LogP contribution < -0.4 is 10.9 Å². The van der Waals surface area contributed by atoms with E-state index >= 15 is 0 Å². The van der Waals surface area contributed by atoms with E-state index in [0.717, 1.165) is 5.39 Å². The first-order chi connectivity index (χ1) is 14.5. The van der Waals surface area contributed by atoms with Crippen LogP contribution in [0, 0.1) is 5.82 Å². The predicted octanol–water partition coefficient (Wildman–Crippen LogP) is 1.82. The quantitative estimate of drug-likeness (QED) is 0.672. The molecule has 3 aromatic rings. The molecule has 1 atom stereocenters. The number of rotatable bonds is 6. The number of dihydropyridines is 1. The van der Waals surface area contributed by atoms with Gasteiger partial charge in [0, 0.05) is 37.3 Å². The molecule has 0 aliphatic carbocycles. The number of hydrogen-bond donors (Lipinski definition) is 1. The summed E-state index contributed by atoms with van der Waals surface area (Å²) in [5.41, 5.74) is 0.392. The van der Waals surface area contributed by atoms with Crippen LogP contribution >= 0.6 is 0 Å². The Morgan fingerprint density at radius 2 is 2.17 bits per heavy atom. The standard InChI is InChI=1S/C21H20FN5O3/c1-23-21(29)17-13-16(6-8-24-17)30-11-10-27-20(28)5-4-19(25-27)26-9-7-14-2-3-15(22)12-18(14)26/h2-5,7-9,12-13,17H,6,10-11H2,1H3,(H,23,29). The Morgan fingerprint density at radius 3 is 3.00 bits per heavy atom. The smallest absolute Gasteiger partial charge is 0.266 e. The van der Waals surface area contributed by atoms with Crippen LogP contribution in [0.4, 0.5) is 4.39 Å². The second kappa shape index (κ2) is 8.32. The van der Waals surface area contributed by atoms with Crippen molar-refractivity contribution in [2.45, 2.75) is 19.0 Å². The Hall–Kier alpha value is -3.75. The third kappa shape index (κ3) is 4.00. The summed E-state index contributed by atoms with van der Waals surface area (Å²) in [6, 6.07) is 8.78. The third-order valence-corrected chi connectivity index (χ3v) is 4.76. The fourth-order valence-corrected chi connectivity index (χ4v) is 3.23. The van der Waals surface area contributed by atoms with E-state index in [4.69, 9.17) is 4.74 Å². The molecule has 0 saturated heterocycles. The zero-order valence-electron chi connectivity index (χ0n) is 16.3. The molecule has 3 heterocycles. The van der Waals surface area contributed by atoms with E-state index in [1.165, 1.54) is 22.9 Å². The summed E-state index contributed by atoms with van der Waals surface area (Å²) in [6.07, 6.45) is 5.56. The fraction of sp³-hybridized carbons (Fsp3) is 0.238. The summed E-state index contributed by atoms with van der Waals surface area (Å²) >= 11 is 0. The number of amides is 1. The van der Waals surface area contributed by atoms with Gasteiger partial charge in [0.2, 0.25) is 5.91 Å². The summed E-state index contributed by atoms with van der Waals surface area (Å²) in [7, 11) is 1.55. The zero-order valence-corrected chi connectivity index (χ0v) is 16.3. The van der Waals surface area contributed by atoms with E-state index in [2.05, 4.69) is 15.4 Å². The number of carbonyl (C=O) groups is 1. The van der Waals surface area contributed by atoms with Gasteiger partial charge in [0.1, 0.15) is 24.2 Å². The Balaban J connectivity index is 1.49. The second-order valence-corrected chi connectivity index (χ2v) is 6.72. The lowest BCUT2D eigenvalue weighted by atomic mass is 10.2. The molecular formula is C21H20FN5O3. The number of halogens is 1. The minimum atomic E-state index is -0.606. The summed E-state index contributed by atoms with van der Waals surface area (Å²) in [4.78, 5) is 28.0. The van der Waals surface area contributed by atoms with Gasteiger partial charge in [0.05, 0.1) is 12.1 Å². The molecule has 0 fully saturated rings. The largest absolute Gasteiger partial charge is 0.496 e. The molecule has 1 aliphatic heterocycles. The summed E-state index contributed by atoms with van der Waals surface area (Å²) in [6.45, 7) is 0.427. The maximum atomic E-state index is 13.7. The van der Waals surface area contributed by atoms with E-state index in [0.29, 0.717) is 23.5 Å². The maximum Gasteiger partial charge on any atom is 0.266 e. The normalized spacial score (nSPS) is 15.8. The van der Waals surface area contributed by atoms with Crippen molar-refractivity contribution >= 4 is 23.0 Å². The highest BCUT2D eigenvalue weighted by Gasteiger charge is 2.17. The molecule has 154 valence electrons. The molecule has 0 radical (unpaired) electrons. The molecule has 30 heavy (non-hydrogen) atoms. The zero-order chi connectivity index (χ0) is 21.1. The van der Waals surface area contributed by atoms with Gasteiger partial charge in [-0.2, -0.15) is 5.10 Å². The van der Waals surface area contributed by atoms with Crippen molar-refractivity contribution in [3.8, 4) is 5.82 Å². The summed E-state index contributed by atoms with van der Waals surface area (Å²) in [5.74, 6) is 0.560. The highest BCUT2D eigenvalue weighted by Crippen LogP contribution is 2.20. The number of hydrogen-bond acceptors (Lipinski definition) is 5. The van der Waals surface area contributed by atoms with Gasteiger partial charge in [-0.1, -0.05) is 0 Å². The monoisotopic (exact) mass is 409 g/mol. The molecule has 0 saturated carbocycles. The number of aromatic nitrogens is 3. The minimum Gasteiger partial charge on any atom is -0.496 e. The molecule has 1 amide bonds. The van der Waals surface area contributed by atoms with Crippen LogP contribution in [0.1, 0.15) is 6.42 Å². The van der Waals surface area contributed by atoms with Gasteiger partial charge >= 0.3 is 0 Å². The first kappa shape index (κ1) is 19.6. The van der Waals surface area contributed by atoms with Crippen molar-refractivity contribution < 1.29 is 13.9 Å². The van der Waals surface area contributed by atoms with Crippen LogP contribution in [0.5, 0.6) is 0 Å². The predicted molar refractivity (Wildman–Crippen MR) is 110 cm³/mol. The van der Waals surface area contributed by atoms with Crippen molar-refractivity contribution in [1.29, 1.82) is 0 Å². The van der Waals surface area contributed by atoms with Gasteiger partial charge in [-0.25, -0.2) is 9.07 Å². The van der Waals surface area contributed by atoms with Crippen molar-refractivity contribution in [3.05, 3.63) is 70.6 Å². The highest BCUT2D eigenvalue weighted by atomic mass is 19.1. The van der Waals surface area contributed by atoms with Gasteiger partial charge in [-0.05, 0) is 36.4 Å². The van der Waals surface area contributed by atoms with E-state index in [-0.39, 0.29) is 30.4 Å². The van der Waals surface area contributed by atoms with E-state index in [1.54, 1.807) is 42.2 Å². The van der Waals surface area contributed by atoms with Crippen LogP contribution in [0.2, 0.25) is 0 Å². The molecule has 4 rings (SSSR count). The highest BCUT2D eigenvalue weighted by molar-refractivity contribution is 5.86. The van der Waals surface area contributed by atoms with E-state index < -0.39 is 6.04 Å².